The Labute approximate surface area is 164 Å². The molecule has 2 rings (SSSR count). The number of alkyl halides is 3. The molecule has 146 valence electrons. The molecule has 0 aliphatic heterocycles. The summed E-state index contributed by atoms with van der Waals surface area (Å²) in [5.74, 6) is 2.95. The van der Waals surface area contributed by atoms with Crippen LogP contribution in [0.5, 0.6) is 5.75 Å². The van der Waals surface area contributed by atoms with E-state index < -0.39 is 18.1 Å². The van der Waals surface area contributed by atoms with Gasteiger partial charge >= 0.3 is 12.4 Å². The van der Waals surface area contributed by atoms with Gasteiger partial charge in [-0.25, -0.2) is 4.79 Å². The predicted molar refractivity (Wildman–Crippen MR) is 104 cm³/mol. The highest BCUT2D eigenvalue weighted by atomic mass is 32.2. The summed E-state index contributed by atoms with van der Waals surface area (Å²) >= 11 is 1.42. The Balaban J connectivity index is 2.34. The molecule has 0 heterocycles. The smallest absolute Gasteiger partial charge is 0.406 e. The van der Waals surface area contributed by atoms with Crippen molar-refractivity contribution in [1.29, 1.82) is 0 Å². The Morgan fingerprint density at radius 3 is 2.36 bits per heavy atom. The topological polar surface area (TPSA) is 67.9 Å². The standard InChI is InChI=1S/C19H16F3N3O2S/c1-2-12-28-13-17(14-6-4-3-5-7-14)24-25(18(23)26)15-8-10-16(11-9-15)27-19(20,21)22/h1,3-11H,12-13H2,(H2,23,26)/b24-17-. The molecule has 2 amide bonds. The number of benzene rings is 2. The quantitative estimate of drug-likeness (QED) is 0.323. The van der Waals surface area contributed by atoms with E-state index >= 15 is 0 Å². The van der Waals surface area contributed by atoms with Gasteiger partial charge < -0.3 is 10.5 Å². The fourth-order valence-corrected chi connectivity index (χ4v) is 2.79. The Morgan fingerprint density at radius 2 is 1.82 bits per heavy atom. The molecule has 2 N–H and O–H groups in total. The Kier molecular flexibility index (Phi) is 7.35. The number of nitrogens with zero attached hydrogens (tertiary/aromatic N) is 2. The van der Waals surface area contributed by atoms with E-state index in [0.717, 1.165) is 22.7 Å². The van der Waals surface area contributed by atoms with Crippen LogP contribution in [0.25, 0.3) is 0 Å². The zero-order valence-corrected chi connectivity index (χ0v) is 15.3. The van der Waals surface area contributed by atoms with E-state index in [4.69, 9.17) is 12.2 Å². The maximum Gasteiger partial charge on any atom is 0.573 e. The predicted octanol–water partition coefficient (Wildman–Crippen LogP) is 4.24. The lowest BCUT2D eigenvalue weighted by Crippen LogP contribution is -2.32. The number of urea groups is 1. The minimum Gasteiger partial charge on any atom is -0.406 e. The number of terminal acetylenes is 1. The summed E-state index contributed by atoms with van der Waals surface area (Å²) in [4.78, 5) is 11.9. The van der Waals surface area contributed by atoms with Crippen LogP contribution in [0.3, 0.4) is 0 Å². The number of carbonyl (C=O) groups excluding carboxylic acids is 1. The molecule has 28 heavy (non-hydrogen) atoms. The normalized spacial score (nSPS) is 11.6. The van der Waals surface area contributed by atoms with Crippen molar-refractivity contribution in [2.75, 3.05) is 16.5 Å². The van der Waals surface area contributed by atoms with Crippen molar-refractivity contribution in [3.05, 3.63) is 60.2 Å². The fraction of sp³-hybridized carbons (Fsp3) is 0.158. The zero-order valence-electron chi connectivity index (χ0n) is 14.5. The van der Waals surface area contributed by atoms with E-state index in [2.05, 4.69) is 15.8 Å². The summed E-state index contributed by atoms with van der Waals surface area (Å²) in [6, 6.07) is 12.9. The van der Waals surface area contributed by atoms with Crippen molar-refractivity contribution in [3.63, 3.8) is 0 Å². The minimum atomic E-state index is -4.81. The van der Waals surface area contributed by atoms with Gasteiger partial charge in [0.15, 0.2) is 0 Å². The number of primary amides is 1. The number of thioether (sulfide) groups is 1. The second-order valence-corrected chi connectivity index (χ2v) is 6.29. The third-order valence-electron chi connectivity index (χ3n) is 3.28. The average molecular weight is 407 g/mol. The van der Waals surface area contributed by atoms with Crippen LogP contribution in [0.15, 0.2) is 59.7 Å². The SMILES string of the molecule is C#CCSC/C(=N/N(C(N)=O)c1ccc(OC(F)(F)F)cc1)c1ccccc1. The van der Waals surface area contributed by atoms with Crippen LogP contribution in [0, 0.1) is 12.3 Å². The van der Waals surface area contributed by atoms with E-state index in [1.807, 2.05) is 30.3 Å². The van der Waals surface area contributed by atoms with Crippen LogP contribution < -0.4 is 15.5 Å². The van der Waals surface area contributed by atoms with Gasteiger partial charge in [0.1, 0.15) is 5.75 Å². The molecule has 0 unspecified atom stereocenters. The van der Waals surface area contributed by atoms with Gasteiger partial charge in [-0.15, -0.1) is 31.4 Å². The average Bonchev–Trinajstić information content (AvgIpc) is 2.65. The molecular weight excluding hydrogens is 391 g/mol. The molecular formula is C19H16F3N3O2S. The van der Waals surface area contributed by atoms with Crippen molar-refractivity contribution in [3.8, 4) is 18.1 Å². The number of ether oxygens (including phenoxy) is 1. The lowest BCUT2D eigenvalue weighted by molar-refractivity contribution is -0.274. The summed E-state index contributed by atoms with van der Waals surface area (Å²) in [7, 11) is 0. The molecule has 0 spiro atoms. The second-order valence-electron chi connectivity index (χ2n) is 5.30. The first kappa shape index (κ1) is 21.2. The van der Waals surface area contributed by atoms with Crippen molar-refractivity contribution >= 4 is 29.2 Å². The summed E-state index contributed by atoms with van der Waals surface area (Å²) in [6.07, 6.45) is 0.457. The van der Waals surface area contributed by atoms with Gasteiger partial charge in [0.05, 0.1) is 17.2 Å². The molecule has 9 heteroatoms. The van der Waals surface area contributed by atoms with Crippen LogP contribution in [0.1, 0.15) is 5.56 Å². The van der Waals surface area contributed by atoms with E-state index in [-0.39, 0.29) is 5.69 Å². The van der Waals surface area contributed by atoms with Gasteiger partial charge in [0, 0.05) is 5.75 Å². The first-order valence-electron chi connectivity index (χ1n) is 7.89. The summed E-state index contributed by atoms with van der Waals surface area (Å²) in [5, 5.41) is 5.23. The van der Waals surface area contributed by atoms with Crippen molar-refractivity contribution in [2.24, 2.45) is 10.8 Å². The highest BCUT2D eigenvalue weighted by Gasteiger charge is 2.31. The number of hydrazone groups is 1. The minimum absolute atomic E-state index is 0.192. The van der Waals surface area contributed by atoms with Gasteiger partial charge in [-0.3, -0.25) is 0 Å². The Hall–Kier alpha value is -3.12. The lowest BCUT2D eigenvalue weighted by atomic mass is 10.1. The molecule has 0 saturated heterocycles. The highest BCUT2D eigenvalue weighted by molar-refractivity contribution is 8.00. The molecule has 0 bridgehead atoms. The molecule has 2 aromatic rings. The van der Waals surface area contributed by atoms with E-state index in [9.17, 15) is 18.0 Å². The van der Waals surface area contributed by atoms with E-state index in [0.29, 0.717) is 17.2 Å². The van der Waals surface area contributed by atoms with Crippen LogP contribution in [0.4, 0.5) is 23.7 Å². The largest absolute Gasteiger partial charge is 0.573 e. The number of hydrogen-bond donors (Lipinski definition) is 1. The van der Waals surface area contributed by atoms with Gasteiger partial charge in [-0.2, -0.15) is 10.1 Å². The molecule has 0 aliphatic carbocycles. The van der Waals surface area contributed by atoms with E-state index in [1.165, 1.54) is 23.9 Å². The number of anilines is 1. The third-order valence-corrected chi connectivity index (χ3v) is 4.12. The van der Waals surface area contributed by atoms with E-state index in [1.54, 1.807) is 0 Å². The first-order chi connectivity index (χ1) is 13.3. The molecule has 0 aliphatic rings. The molecule has 0 radical (unpaired) electrons. The number of nitrogens with two attached hydrogens (primary N) is 1. The molecule has 0 saturated carbocycles. The van der Waals surface area contributed by atoms with Gasteiger partial charge in [0.2, 0.25) is 0 Å². The Bertz CT molecular complexity index is 863. The maximum atomic E-state index is 12.3. The monoisotopic (exact) mass is 407 g/mol. The number of amides is 2. The lowest BCUT2D eigenvalue weighted by Gasteiger charge is -2.18. The molecule has 0 atom stereocenters. The fourth-order valence-electron chi connectivity index (χ4n) is 2.15. The summed E-state index contributed by atoms with van der Waals surface area (Å²) in [6.45, 7) is 0. The number of halogens is 3. The first-order valence-corrected chi connectivity index (χ1v) is 9.05. The van der Waals surface area contributed by atoms with Crippen molar-refractivity contribution in [2.45, 2.75) is 6.36 Å². The Morgan fingerprint density at radius 1 is 1.18 bits per heavy atom. The number of rotatable bonds is 7. The third kappa shape index (κ3) is 6.55. The molecule has 2 aromatic carbocycles. The van der Waals surface area contributed by atoms with Crippen LogP contribution in [-0.4, -0.2) is 29.6 Å². The van der Waals surface area contributed by atoms with Crippen LogP contribution >= 0.6 is 11.8 Å². The van der Waals surface area contributed by atoms with Crippen LogP contribution in [0.2, 0.25) is 0 Å². The molecule has 0 aromatic heterocycles. The summed E-state index contributed by atoms with van der Waals surface area (Å²) in [5.41, 5.74) is 6.91. The van der Waals surface area contributed by atoms with Gasteiger partial charge in [-0.05, 0) is 29.8 Å². The van der Waals surface area contributed by atoms with Crippen molar-refractivity contribution < 1.29 is 22.7 Å². The van der Waals surface area contributed by atoms with Gasteiger partial charge in [-0.1, -0.05) is 36.3 Å². The zero-order chi connectivity index (χ0) is 20.6. The summed E-state index contributed by atoms with van der Waals surface area (Å²) < 4.78 is 40.7. The molecule has 5 nitrogen and oxygen atoms in total. The van der Waals surface area contributed by atoms with Crippen molar-refractivity contribution in [1.82, 2.24) is 0 Å². The second kappa shape index (κ2) is 9.71. The number of hydrogen-bond acceptors (Lipinski definition) is 4. The molecule has 0 fully saturated rings. The maximum absolute atomic E-state index is 12.3. The van der Waals surface area contributed by atoms with Gasteiger partial charge in [0.25, 0.3) is 0 Å². The van der Waals surface area contributed by atoms with Crippen LogP contribution in [-0.2, 0) is 0 Å². The number of carbonyl (C=O) groups is 1. The highest BCUT2D eigenvalue weighted by Crippen LogP contribution is 2.26.